The van der Waals surface area contributed by atoms with Gasteiger partial charge in [-0.2, -0.15) is 0 Å². The van der Waals surface area contributed by atoms with Gasteiger partial charge in [-0.15, -0.1) is 0 Å². The predicted octanol–water partition coefficient (Wildman–Crippen LogP) is 2.30. The number of hydrogen-bond acceptors (Lipinski definition) is 7. The molecule has 0 aliphatic heterocycles. The summed E-state index contributed by atoms with van der Waals surface area (Å²) in [6, 6.07) is 6.66. The van der Waals surface area contributed by atoms with Crippen molar-refractivity contribution in [3.05, 3.63) is 57.4 Å². The molecule has 27 heavy (non-hydrogen) atoms. The summed E-state index contributed by atoms with van der Waals surface area (Å²) in [6.45, 7) is 0.0410. The number of methoxy groups -OCH3 is 3. The maximum absolute atomic E-state index is 13.0. The first kappa shape index (κ1) is 18.7. The van der Waals surface area contributed by atoms with Crippen LogP contribution in [0.5, 0.6) is 11.5 Å². The molecule has 0 fully saturated rings. The Morgan fingerprint density at radius 3 is 2.63 bits per heavy atom. The monoisotopic (exact) mass is 389 g/mol. The highest BCUT2D eigenvalue weighted by atomic mass is 35.5. The van der Waals surface area contributed by atoms with Crippen LogP contribution < -0.4 is 15.0 Å². The predicted molar refractivity (Wildman–Crippen MR) is 98.8 cm³/mol. The summed E-state index contributed by atoms with van der Waals surface area (Å²) < 4.78 is 16.5. The fraction of sp³-hybridized carbons (Fsp3) is 0.222. The van der Waals surface area contributed by atoms with Gasteiger partial charge in [0.2, 0.25) is 5.82 Å². The van der Waals surface area contributed by atoms with Crippen LogP contribution in [-0.4, -0.2) is 41.8 Å². The average molecular weight is 390 g/mol. The zero-order chi connectivity index (χ0) is 19.6. The first-order valence-electron chi connectivity index (χ1n) is 7.84. The lowest BCUT2D eigenvalue weighted by Crippen LogP contribution is -2.29. The quantitative estimate of drug-likeness (QED) is 0.488. The number of aromatic nitrogens is 3. The minimum absolute atomic E-state index is 0.0314. The Bertz CT molecular complexity index is 1080. The van der Waals surface area contributed by atoms with Crippen LogP contribution in [0.3, 0.4) is 0 Å². The maximum Gasteiger partial charge on any atom is 0.374 e. The smallest absolute Gasteiger partial charge is 0.374 e. The van der Waals surface area contributed by atoms with Gasteiger partial charge >= 0.3 is 5.97 Å². The molecule has 9 heteroatoms. The summed E-state index contributed by atoms with van der Waals surface area (Å²) >= 11 is 6.03. The van der Waals surface area contributed by atoms with Crippen LogP contribution >= 0.6 is 11.6 Å². The van der Waals surface area contributed by atoms with E-state index in [-0.39, 0.29) is 28.4 Å². The normalized spacial score (nSPS) is 10.7. The van der Waals surface area contributed by atoms with Gasteiger partial charge in [0.25, 0.3) is 5.56 Å². The largest absolute Gasteiger partial charge is 0.497 e. The van der Waals surface area contributed by atoms with E-state index < -0.39 is 11.5 Å². The lowest BCUT2D eigenvalue weighted by molar-refractivity contribution is 0.0580. The SMILES string of the molecule is COC(=O)c1nc2c(Cl)nccc2c(=O)n1Cc1ccc(OC)cc1OC. The van der Waals surface area contributed by atoms with E-state index in [9.17, 15) is 9.59 Å². The molecular weight excluding hydrogens is 374 g/mol. The lowest BCUT2D eigenvalue weighted by atomic mass is 10.1. The Hall–Kier alpha value is -3.13. The van der Waals surface area contributed by atoms with Gasteiger partial charge in [0.05, 0.1) is 33.3 Å². The van der Waals surface area contributed by atoms with Crippen molar-refractivity contribution < 1.29 is 19.0 Å². The average Bonchev–Trinajstić information content (AvgIpc) is 2.69. The number of ether oxygens (including phenoxy) is 3. The van der Waals surface area contributed by atoms with Crippen LogP contribution in [0.1, 0.15) is 16.2 Å². The Morgan fingerprint density at radius 1 is 1.19 bits per heavy atom. The summed E-state index contributed by atoms with van der Waals surface area (Å²) in [5.41, 5.74) is 0.358. The summed E-state index contributed by atoms with van der Waals surface area (Å²) in [5.74, 6) is 0.166. The van der Waals surface area contributed by atoms with Crippen molar-refractivity contribution in [2.45, 2.75) is 6.54 Å². The van der Waals surface area contributed by atoms with E-state index in [2.05, 4.69) is 9.97 Å². The number of rotatable bonds is 5. The van der Waals surface area contributed by atoms with E-state index in [1.165, 1.54) is 31.0 Å². The van der Waals surface area contributed by atoms with Gasteiger partial charge in [-0.3, -0.25) is 9.36 Å². The number of hydrogen-bond donors (Lipinski definition) is 0. The van der Waals surface area contributed by atoms with Crippen molar-refractivity contribution >= 4 is 28.5 Å². The van der Waals surface area contributed by atoms with Crippen LogP contribution in [0, 0.1) is 0 Å². The second kappa shape index (κ2) is 7.63. The molecule has 0 radical (unpaired) electrons. The molecule has 0 aliphatic rings. The fourth-order valence-corrected chi connectivity index (χ4v) is 2.86. The highest BCUT2D eigenvalue weighted by Gasteiger charge is 2.21. The molecule has 0 aliphatic carbocycles. The number of benzene rings is 1. The zero-order valence-corrected chi connectivity index (χ0v) is 15.6. The van der Waals surface area contributed by atoms with Crippen molar-refractivity contribution in [1.82, 2.24) is 14.5 Å². The van der Waals surface area contributed by atoms with E-state index in [1.807, 2.05) is 0 Å². The molecule has 0 spiro atoms. The third-order valence-electron chi connectivity index (χ3n) is 4.02. The first-order valence-corrected chi connectivity index (χ1v) is 8.22. The third-order valence-corrected chi connectivity index (χ3v) is 4.30. The third kappa shape index (κ3) is 3.43. The maximum atomic E-state index is 13.0. The molecule has 0 saturated heterocycles. The molecule has 1 aromatic carbocycles. The molecule has 3 aromatic rings. The van der Waals surface area contributed by atoms with Crippen LogP contribution in [0.15, 0.2) is 35.3 Å². The first-order chi connectivity index (χ1) is 13.0. The Morgan fingerprint density at radius 2 is 1.96 bits per heavy atom. The number of fused-ring (bicyclic) bond motifs is 1. The fourth-order valence-electron chi connectivity index (χ4n) is 2.66. The minimum atomic E-state index is -0.763. The molecule has 0 saturated carbocycles. The Kier molecular flexibility index (Phi) is 5.27. The highest BCUT2D eigenvalue weighted by Crippen LogP contribution is 2.26. The molecular formula is C18H16ClN3O5. The van der Waals surface area contributed by atoms with E-state index in [0.29, 0.717) is 17.1 Å². The highest BCUT2D eigenvalue weighted by molar-refractivity contribution is 6.33. The summed E-state index contributed by atoms with van der Waals surface area (Å²) in [5, 5.41) is 0.277. The molecule has 0 unspecified atom stereocenters. The number of pyridine rings is 1. The van der Waals surface area contributed by atoms with E-state index in [1.54, 1.807) is 25.3 Å². The minimum Gasteiger partial charge on any atom is -0.497 e. The summed E-state index contributed by atoms with van der Waals surface area (Å²) in [7, 11) is 4.26. The van der Waals surface area contributed by atoms with Crippen molar-refractivity contribution in [2.75, 3.05) is 21.3 Å². The van der Waals surface area contributed by atoms with Crippen LogP contribution in [0.4, 0.5) is 0 Å². The molecule has 2 aromatic heterocycles. The molecule has 140 valence electrons. The topological polar surface area (TPSA) is 92.5 Å². The molecule has 0 bridgehead atoms. The van der Waals surface area contributed by atoms with Crippen LogP contribution in [0.2, 0.25) is 5.15 Å². The second-order valence-electron chi connectivity index (χ2n) is 5.49. The van der Waals surface area contributed by atoms with Gasteiger partial charge in [0.15, 0.2) is 5.15 Å². The second-order valence-corrected chi connectivity index (χ2v) is 5.85. The molecule has 0 amide bonds. The lowest BCUT2D eigenvalue weighted by Gasteiger charge is -2.15. The Labute approximate surface area is 159 Å². The number of halogens is 1. The molecule has 0 atom stereocenters. The molecule has 2 heterocycles. The van der Waals surface area contributed by atoms with Crippen molar-refractivity contribution in [3.63, 3.8) is 0 Å². The van der Waals surface area contributed by atoms with Gasteiger partial charge in [0.1, 0.15) is 17.0 Å². The van der Waals surface area contributed by atoms with Gasteiger partial charge in [-0.25, -0.2) is 14.8 Å². The van der Waals surface area contributed by atoms with Crippen molar-refractivity contribution in [2.24, 2.45) is 0 Å². The van der Waals surface area contributed by atoms with Crippen LogP contribution in [0.25, 0.3) is 10.9 Å². The number of carbonyl (C=O) groups excluding carboxylic acids is 1. The molecule has 0 N–H and O–H groups in total. The van der Waals surface area contributed by atoms with Crippen molar-refractivity contribution in [3.8, 4) is 11.5 Å². The summed E-state index contributed by atoms with van der Waals surface area (Å²) in [6.07, 6.45) is 1.41. The van der Waals surface area contributed by atoms with Gasteiger partial charge < -0.3 is 14.2 Å². The van der Waals surface area contributed by atoms with Crippen molar-refractivity contribution in [1.29, 1.82) is 0 Å². The zero-order valence-electron chi connectivity index (χ0n) is 14.9. The summed E-state index contributed by atoms with van der Waals surface area (Å²) in [4.78, 5) is 33.4. The van der Waals surface area contributed by atoms with E-state index >= 15 is 0 Å². The van der Waals surface area contributed by atoms with Gasteiger partial charge in [-0.1, -0.05) is 11.6 Å². The van der Waals surface area contributed by atoms with Gasteiger partial charge in [-0.05, 0) is 18.2 Å². The number of nitrogens with zero attached hydrogens (tertiary/aromatic N) is 3. The van der Waals surface area contributed by atoms with Crippen LogP contribution in [-0.2, 0) is 11.3 Å². The van der Waals surface area contributed by atoms with E-state index in [0.717, 1.165) is 0 Å². The van der Waals surface area contributed by atoms with E-state index in [4.69, 9.17) is 25.8 Å². The molecule has 8 nitrogen and oxygen atoms in total. The number of esters is 1. The standard InChI is InChI=1S/C18H16ClN3O5/c1-25-11-5-4-10(13(8-11)26-2)9-22-16(18(24)27-3)21-14-12(17(22)23)6-7-20-15(14)19/h4-8H,9H2,1-3H3. The Balaban J connectivity index is 2.23. The number of carbonyl (C=O) groups is 1. The van der Waals surface area contributed by atoms with Gasteiger partial charge in [0, 0.05) is 17.8 Å². The molecule has 3 rings (SSSR count).